The Bertz CT molecular complexity index is 1140. The van der Waals surface area contributed by atoms with Crippen LogP contribution in [-0.4, -0.2) is 27.2 Å². The maximum absolute atomic E-state index is 12.8. The lowest BCUT2D eigenvalue weighted by Crippen LogP contribution is -2.25. The molecule has 0 fully saturated rings. The molecule has 2 heterocycles. The molecule has 0 atom stereocenters. The molecule has 0 aliphatic rings. The summed E-state index contributed by atoms with van der Waals surface area (Å²) in [6, 6.07) is 15.4. The van der Waals surface area contributed by atoms with E-state index in [0.717, 1.165) is 24.1 Å². The molecule has 1 N–H and O–H groups in total. The second kappa shape index (κ2) is 8.78. The van der Waals surface area contributed by atoms with Gasteiger partial charge in [-0.15, -0.1) is 0 Å². The summed E-state index contributed by atoms with van der Waals surface area (Å²) in [7, 11) is 0. The molecule has 2 aromatic heterocycles. The van der Waals surface area contributed by atoms with E-state index < -0.39 is 0 Å². The van der Waals surface area contributed by atoms with Crippen molar-refractivity contribution in [2.75, 3.05) is 6.54 Å². The maximum Gasteiger partial charge on any atom is 0.252 e. The van der Waals surface area contributed by atoms with Gasteiger partial charge in [-0.05, 0) is 38.0 Å². The second-order valence-electron chi connectivity index (χ2n) is 7.33. The molecule has 152 valence electrons. The highest BCUT2D eigenvalue weighted by Crippen LogP contribution is 2.28. The summed E-state index contributed by atoms with van der Waals surface area (Å²) in [4.78, 5) is 17.2. The number of amides is 1. The van der Waals surface area contributed by atoms with Gasteiger partial charge in [0.2, 0.25) is 5.89 Å². The van der Waals surface area contributed by atoms with Crippen molar-refractivity contribution in [1.82, 2.24) is 20.1 Å². The van der Waals surface area contributed by atoms with Gasteiger partial charge in [0.15, 0.2) is 5.76 Å². The van der Waals surface area contributed by atoms with Crippen molar-refractivity contribution in [3.05, 3.63) is 83.8 Å². The van der Waals surface area contributed by atoms with Gasteiger partial charge in [-0.25, -0.2) is 4.98 Å². The number of aryl methyl sites for hydroxylation is 3. The van der Waals surface area contributed by atoms with Crippen molar-refractivity contribution in [1.29, 1.82) is 0 Å². The van der Waals surface area contributed by atoms with E-state index in [4.69, 9.17) is 4.42 Å². The Morgan fingerprint density at radius 1 is 1.03 bits per heavy atom. The Hall–Kier alpha value is -3.67. The number of nitrogens with one attached hydrogen (secondary N) is 1. The van der Waals surface area contributed by atoms with Crippen molar-refractivity contribution in [3.8, 4) is 22.8 Å². The third-order valence-electron chi connectivity index (χ3n) is 4.86. The van der Waals surface area contributed by atoms with E-state index in [1.165, 1.54) is 5.56 Å². The minimum atomic E-state index is -0.141. The van der Waals surface area contributed by atoms with Gasteiger partial charge in [-0.2, -0.15) is 5.10 Å². The Balaban J connectivity index is 1.44. The lowest BCUT2D eigenvalue weighted by Gasteiger charge is -2.08. The predicted molar refractivity (Wildman–Crippen MR) is 116 cm³/mol. The zero-order chi connectivity index (χ0) is 20.9. The first kappa shape index (κ1) is 19.6. The Morgan fingerprint density at radius 2 is 1.83 bits per heavy atom. The molecule has 6 nitrogen and oxygen atoms in total. The fraction of sp³-hybridized carbons (Fsp3) is 0.208. The predicted octanol–water partition coefficient (Wildman–Crippen LogP) is 4.64. The molecular formula is C24H24N4O2. The van der Waals surface area contributed by atoms with E-state index in [0.29, 0.717) is 29.3 Å². The fourth-order valence-corrected chi connectivity index (χ4v) is 3.24. The van der Waals surface area contributed by atoms with Gasteiger partial charge in [0.05, 0.1) is 18.0 Å². The third-order valence-corrected chi connectivity index (χ3v) is 4.86. The quantitative estimate of drug-likeness (QED) is 0.459. The zero-order valence-electron chi connectivity index (χ0n) is 17.1. The SMILES string of the molecule is Cc1ccc(-c2cnc(-c3ccccc3C(=O)NCCCn3cc(C)cn3)o2)cc1. The lowest BCUT2D eigenvalue weighted by molar-refractivity contribution is 0.0953. The van der Waals surface area contributed by atoms with Crippen molar-refractivity contribution >= 4 is 5.91 Å². The van der Waals surface area contributed by atoms with Crippen LogP contribution in [0.5, 0.6) is 0 Å². The maximum atomic E-state index is 12.8. The summed E-state index contributed by atoms with van der Waals surface area (Å²) in [5.41, 5.74) is 4.49. The summed E-state index contributed by atoms with van der Waals surface area (Å²) in [5, 5.41) is 7.24. The molecule has 30 heavy (non-hydrogen) atoms. The molecule has 0 aliphatic carbocycles. The van der Waals surface area contributed by atoms with Crippen LogP contribution in [-0.2, 0) is 6.54 Å². The first-order valence-electron chi connectivity index (χ1n) is 10.00. The number of hydrogen-bond donors (Lipinski definition) is 1. The molecule has 0 saturated carbocycles. The Kier molecular flexibility index (Phi) is 5.75. The zero-order valence-corrected chi connectivity index (χ0v) is 17.1. The van der Waals surface area contributed by atoms with Crippen molar-refractivity contribution in [2.24, 2.45) is 0 Å². The van der Waals surface area contributed by atoms with E-state index in [1.807, 2.05) is 73.4 Å². The molecule has 0 unspecified atom stereocenters. The van der Waals surface area contributed by atoms with E-state index >= 15 is 0 Å². The van der Waals surface area contributed by atoms with Crippen LogP contribution >= 0.6 is 0 Å². The van der Waals surface area contributed by atoms with Crippen LogP contribution in [0.1, 0.15) is 27.9 Å². The number of carbonyl (C=O) groups excluding carboxylic acids is 1. The van der Waals surface area contributed by atoms with E-state index in [-0.39, 0.29) is 5.91 Å². The van der Waals surface area contributed by atoms with Crippen LogP contribution in [0, 0.1) is 13.8 Å². The number of rotatable bonds is 7. The normalized spacial score (nSPS) is 10.9. The van der Waals surface area contributed by atoms with Crippen LogP contribution in [0.15, 0.2) is 71.5 Å². The molecule has 4 aromatic rings. The smallest absolute Gasteiger partial charge is 0.252 e. The number of oxazole rings is 1. The van der Waals surface area contributed by atoms with E-state index in [1.54, 1.807) is 12.3 Å². The van der Waals surface area contributed by atoms with Crippen LogP contribution in [0.25, 0.3) is 22.8 Å². The van der Waals surface area contributed by atoms with Crippen LogP contribution in [0.4, 0.5) is 0 Å². The van der Waals surface area contributed by atoms with Crippen LogP contribution < -0.4 is 5.32 Å². The monoisotopic (exact) mass is 400 g/mol. The van der Waals surface area contributed by atoms with Gasteiger partial charge in [0.25, 0.3) is 5.91 Å². The first-order valence-corrected chi connectivity index (χ1v) is 10.00. The number of aromatic nitrogens is 3. The Morgan fingerprint density at radius 3 is 2.60 bits per heavy atom. The molecule has 0 radical (unpaired) electrons. The number of nitrogens with zero attached hydrogens (tertiary/aromatic N) is 3. The topological polar surface area (TPSA) is 73.0 Å². The minimum absolute atomic E-state index is 0.141. The van der Waals surface area contributed by atoms with Gasteiger partial charge in [0.1, 0.15) is 0 Å². The molecule has 0 spiro atoms. The molecule has 6 heteroatoms. The van der Waals surface area contributed by atoms with Crippen molar-refractivity contribution in [2.45, 2.75) is 26.8 Å². The molecule has 0 aliphatic heterocycles. The minimum Gasteiger partial charge on any atom is -0.436 e. The van der Waals surface area contributed by atoms with E-state index in [9.17, 15) is 4.79 Å². The summed E-state index contributed by atoms with van der Waals surface area (Å²) in [5.74, 6) is 0.968. The molecule has 2 aromatic carbocycles. The van der Waals surface area contributed by atoms with Crippen molar-refractivity contribution < 1.29 is 9.21 Å². The summed E-state index contributed by atoms with van der Waals surface area (Å²) in [6.45, 7) is 5.37. The lowest BCUT2D eigenvalue weighted by atomic mass is 10.1. The number of carbonyl (C=O) groups is 1. The van der Waals surface area contributed by atoms with Gasteiger partial charge >= 0.3 is 0 Å². The highest BCUT2D eigenvalue weighted by molar-refractivity contribution is 6.00. The van der Waals surface area contributed by atoms with Crippen molar-refractivity contribution in [3.63, 3.8) is 0 Å². The Labute approximate surface area is 175 Å². The fourth-order valence-electron chi connectivity index (χ4n) is 3.24. The summed E-state index contributed by atoms with van der Waals surface area (Å²) in [6.07, 6.45) is 6.31. The molecule has 1 amide bonds. The molecule has 0 saturated heterocycles. The number of benzene rings is 2. The molecular weight excluding hydrogens is 376 g/mol. The third kappa shape index (κ3) is 4.49. The summed E-state index contributed by atoms with van der Waals surface area (Å²) < 4.78 is 7.85. The van der Waals surface area contributed by atoms with Gasteiger partial charge in [-0.3, -0.25) is 9.48 Å². The van der Waals surface area contributed by atoms with Crippen LogP contribution in [0.2, 0.25) is 0 Å². The molecule has 0 bridgehead atoms. The largest absolute Gasteiger partial charge is 0.436 e. The average molecular weight is 400 g/mol. The van der Waals surface area contributed by atoms with Gasteiger partial charge in [-0.1, -0.05) is 42.0 Å². The first-order chi connectivity index (χ1) is 14.6. The second-order valence-corrected chi connectivity index (χ2v) is 7.33. The molecule has 4 rings (SSSR count). The number of hydrogen-bond acceptors (Lipinski definition) is 4. The standard InChI is InChI=1S/C24H24N4O2/c1-17-8-10-19(11-9-17)22-15-26-24(30-22)21-7-4-3-6-20(21)23(29)25-12-5-13-28-16-18(2)14-27-28/h3-4,6-11,14-16H,5,12-13H2,1-2H3,(H,25,29). The highest BCUT2D eigenvalue weighted by Gasteiger charge is 2.16. The van der Waals surface area contributed by atoms with Crippen LogP contribution in [0.3, 0.4) is 0 Å². The highest BCUT2D eigenvalue weighted by atomic mass is 16.4. The van der Waals surface area contributed by atoms with E-state index in [2.05, 4.69) is 15.4 Å². The van der Waals surface area contributed by atoms with Gasteiger partial charge in [0, 0.05) is 30.4 Å². The van der Waals surface area contributed by atoms with Gasteiger partial charge < -0.3 is 9.73 Å². The average Bonchev–Trinajstić information content (AvgIpc) is 3.41. The summed E-state index contributed by atoms with van der Waals surface area (Å²) >= 11 is 0.